The summed E-state index contributed by atoms with van der Waals surface area (Å²) in [5.74, 6) is 0.0638. The lowest BCUT2D eigenvalue weighted by molar-refractivity contribution is -0.122. The van der Waals surface area contributed by atoms with Crippen LogP contribution in [0.25, 0.3) is 0 Å². The Labute approximate surface area is 204 Å². The van der Waals surface area contributed by atoms with Gasteiger partial charge in [-0.15, -0.1) is 10.2 Å². The second kappa shape index (κ2) is 12.9. The molecule has 0 saturated heterocycles. The predicted molar refractivity (Wildman–Crippen MR) is 131 cm³/mol. The Morgan fingerprint density at radius 1 is 1.09 bits per heavy atom. The van der Waals surface area contributed by atoms with Gasteiger partial charge in [0.2, 0.25) is 11.0 Å². The summed E-state index contributed by atoms with van der Waals surface area (Å²) < 4.78 is 0. The van der Waals surface area contributed by atoms with Crippen molar-refractivity contribution in [3.8, 4) is 6.07 Å². The van der Waals surface area contributed by atoms with Crippen LogP contribution in [-0.2, 0) is 10.5 Å². The van der Waals surface area contributed by atoms with Crippen LogP contribution in [0, 0.1) is 11.3 Å². The fourth-order valence-corrected chi connectivity index (χ4v) is 4.22. The van der Waals surface area contributed by atoms with E-state index in [2.05, 4.69) is 31.5 Å². The van der Waals surface area contributed by atoms with Crippen LogP contribution in [0.2, 0.25) is 0 Å². The highest BCUT2D eigenvalue weighted by molar-refractivity contribution is 7.98. The van der Waals surface area contributed by atoms with Crippen molar-refractivity contribution in [3.63, 3.8) is 0 Å². The van der Waals surface area contributed by atoms with E-state index in [9.17, 15) is 14.4 Å². The van der Waals surface area contributed by atoms with E-state index < -0.39 is 23.9 Å². The second-order valence-electron chi connectivity index (χ2n) is 6.81. The Bertz CT molecular complexity index is 1150. The molecule has 0 aliphatic rings. The van der Waals surface area contributed by atoms with E-state index >= 15 is 0 Å². The summed E-state index contributed by atoms with van der Waals surface area (Å²) in [4.78, 5) is 37.5. The summed E-state index contributed by atoms with van der Waals surface area (Å²) in [7, 11) is 0. The van der Waals surface area contributed by atoms with Gasteiger partial charge in [-0.05, 0) is 23.8 Å². The van der Waals surface area contributed by atoms with Gasteiger partial charge in [-0.1, -0.05) is 47.7 Å². The van der Waals surface area contributed by atoms with Gasteiger partial charge in [0.15, 0.2) is 0 Å². The number of benzene rings is 2. The molecule has 0 aliphatic carbocycles. The average molecular weight is 496 g/mol. The van der Waals surface area contributed by atoms with E-state index in [0.29, 0.717) is 22.3 Å². The van der Waals surface area contributed by atoms with Crippen molar-refractivity contribution in [1.29, 1.82) is 5.26 Å². The lowest BCUT2D eigenvalue weighted by atomic mass is 10.1. The molecule has 0 fully saturated rings. The number of amides is 4. The fraction of sp³-hybridized carbons (Fsp3) is 0.182. The van der Waals surface area contributed by atoms with Crippen LogP contribution >= 0.6 is 23.1 Å². The fourth-order valence-electron chi connectivity index (χ4n) is 2.77. The summed E-state index contributed by atoms with van der Waals surface area (Å²) in [6, 6.07) is 16.6. The zero-order chi connectivity index (χ0) is 24.2. The quantitative estimate of drug-likeness (QED) is 0.316. The van der Waals surface area contributed by atoms with Gasteiger partial charge in [0.1, 0.15) is 18.1 Å². The molecule has 10 nitrogen and oxygen atoms in total. The number of anilines is 2. The van der Waals surface area contributed by atoms with Gasteiger partial charge in [0.05, 0.1) is 6.07 Å². The number of hydrogen-bond donors (Lipinski definition) is 4. The summed E-state index contributed by atoms with van der Waals surface area (Å²) in [6.07, 6.45) is 0. The number of nitriles is 1. The third kappa shape index (κ3) is 7.88. The molecule has 174 valence electrons. The van der Waals surface area contributed by atoms with E-state index in [1.165, 1.54) is 34.7 Å². The van der Waals surface area contributed by atoms with Gasteiger partial charge in [0, 0.05) is 22.8 Å². The molecule has 1 unspecified atom stereocenters. The molecule has 3 rings (SSSR count). The molecule has 1 aromatic heterocycles. The first-order chi connectivity index (χ1) is 16.5. The molecule has 0 aliphatic heterocycles. The maximum atomic E-state index is 12.9. The maximum Gasteiger partial charge on any atom is 0.325 e. The number of nitrogens with one attached hydrogen (secondary N) is 4. The first-order valence-electron chi connectivity index (χ1n) is 10.1. The largest absolute Gasteiger partial charge is 0.341 e. The zero-order valence-corrected chi connectivity index (χ0v) is 19.5. The van der Waals surface area contributed by atoms with Crippen LogP contribution in [0.4, 0.5) is 15.6 Å². The van der Waals surface area contributed by atoms with Crippen molar-refractivity contribution < 1.29 is 14.4 Å². The summed E-state index contributed by atoms with van der Waals surface area (Å²) in [5.41, 5.74) is 3.24. The summed E-state index contributed by atoms with van der Waals surface area (Å²) >= 11 is 2.66. The van der Waals surface area contributed by atoms with Gasteiger partial charge < -0.3 is 16.0 Å². The Morgan fingerprint density at radius 3 is 2.65 bits per heavy atom. The number of carbonyl (C=O) groups excluding carboxylic acids is 3. The highest BCUT2D eigenvalue weighted by Gasteiger charge is 2.21. The number of aromatic nitrogens is 2. The third-order valence-electron chi connectivity index (χ3n) is 4.32. The number of nitrogens with zero attached hydrogens (tertiary/aromatic N) is 3. The number of carbonyl (C=O) groups is 3. The van der Waals surface area contributed by atoms with Crippen molar-refractivity contribution in [1.82, 2.24) is 20.8 Å². The monoisotopic (exact) mass is 495 g/mol. The Hall–Kier alpha value is -3.95. The number of hydrogen-bond acceptors (Lipinski definition) is 8. The van der Waals surface area contributed by atoms with E-state index in [4.69, 9.17) is 5.26 Å². The Morgan fingerprint density at radius 2 is 1.91 bits per heavy atom. The Kier molecular flexibility index (Phi) is 9.39. The summed E-state index contributed by atoms with van der Waals surface area (Å²) in [6.45, 7) is -0.155. The minimum atomic E-state index is -0.841. The molecule has 34 heavy (non-hydrogen) atoms. The van der Waals surface area contributed by atoms with Gasteiger partial charge in [-0.25, -0.2) is 4.79 Å². The molecule has 12 heteroatoms. The molecule has 0 saturated carbocycles. The molecule has 1 atom stereocenters. The smallest absolute Gasteiger partial charge is 0.325 e. The maximum absolute atomic E-state index is 12.9. The van der Waals surface area contributed by atoms with Crippen LogP contribution in [0.15, 0.2) is 60.1 Å². The second-order valence-corrected chi connectivity index (χ2v) is 8.67. The molecule has 2 aromatic carbocycles. The average Bonchev–Trinajstić information content (AvgIpc) is 3.35. The van der Waals surface area contributed by atoms with Crippen molar-refractivity contribution in [2.24, 2.45) is 0 Å². The molecule has 0 radical (unpaired) electrons. The van der Waals surface area contributed by atoms with Crippen LogP contribution in [-0.4, -0.2) is 46.4 Å². The van der Waals surface area contributed by atoms with Crippen LogP contribution in [0.3, 0.4) is 0 Å². The summed E-state index contributed by atoms with van der Waals surface area (Å²) in [5, 5.41) is 26.8. The molecule has 3 aromatic rings. The van der Waals surface area contributed by atoms with Gasteiger partial charge in [-0.3, -0.25) is 14.9 Å². The molecule has 0 bridgehead atoms. The molecule has 4 N–H and O–H groups in total. The van der Waals surface area contributed by atoms with Crippen LogP contribution in [0.5, 0.6) is 0 Å². The minimum Gasteiger partial charge on any atom is -0.341 e. The molecular formula is C22H21N7O3S2. The number of rotatable bonds is 10. The lowest BCUT2D eigenvalue weighted by Crippen LogP contribution is -2.48. The van der Waals surface area contributed by atoms with Crippen LogP contribution in [0.1, 0.15) is 15.9 Å². The number of urea groups is 1. The molecule has 4 amide bonds. The first-order valence-corrected chi connectivity index (χ1v) is 12.1. The predicted octanol–water partition coefficient (Wildman–Crippen LogP) is 2.85. The zero-order valence-electron chi connectivity index (χ0n) is 17.9. The molecule has 0 spiro atoms. The molecular weight excluding hydrogens is 474 g/mol. The first kappa shape index (κ1) is 24.7. The van der Waals surface area contributed by atoms with E-state index in [-0.39, 0.29) is 12.1 Å². The van der Waals surface area contributed by atoms with Gasteiger partial charge in [0.25, 0.3) is 5.91 Å². The highest BCUT2D eigenvalue weighted by atomic mass is 32.2. The normalized spacial score (nSPS) is 11.0. The van der Waals surface area contributed by atoms with Crippen molar-refractivity contribution in [2.45, 2.75) is 11.8 Å². The minimum absolute atomic E-state index is 0.155. The topological polar surface area (TPSA) is 149 Å². The molecule has 1 heterocycles. The SMILES string of the molecule is N#CCNC(=O)C(CSCc1ccccc1)NC(=O)c1cccc(NC(=O)Nc2nncs2)c1. The lowest BCUT2D eigenvalue weighted by Gasteiger charge is -2.18. The number of thioether (sulfide) groups is 1. The van der Waals surface area contributed by atoms with Crippen molar-refractivity contribution >= 4 is 51.8 Å². The van der Waals surface area contributed by atoms with Crippen molar-refractivity contribution in [2.75, 3.05) is 22.9 Å². The van der Waals surface area contributed by atoms with Gasteiger partial charge >= 0.3 is 6.03 Å². The highest BCUT2D eigenvalue weighted by Crippen LogP contribution is 2.15. The van der Waals surface area contributed by atoms with Gasteiger partial charge in [-0.2, -0.15) is 17.0 Å². The Balaban J connectivity index is 1.61. The van der Waals surface area contributed by atoms with Crippen molar-refractivity contribution in [3.05, 3.63) is 71.2 Å². The van der Waals surface area contributed by atoms with E-state index in [1.54, 1.807) is 18.2 Å². The third-order valence-corrected chi connectivity index (χ3v) is 6.04. The standard InChI is InChI=1S/C22H21N7O3S2/c23-9-10-24-20(31)18(13-33-12-15-5-2-1-3-6-15)27-19(30)16-7-4-8-17(11-16)26-21(32)28-22-29-25-14-34-22/h1-8,11,14,18H,10,12-13H2,(H,24,31)(H,27,30)(H2,26,28,29,32). The van der Waals surface area contributed by atoms with E-state index in [0.717, 1.165) is 5.56 Å². The van der Waals surface area contributed by atoms with E-state index in [1.807, 2.05) is 36.4 Å². The van der Waals surface area contributed by atoms with Crippen LogP contribution < -0.4 is 21.3 Å².